The fourth-order valence-electron chi connectivity index (χ4n) is 1.54. The number of carbonyl (C=O) groups excluding carboxylic acids is 3. The molecule has 124 valence electrons. The van der Waals surface area contributed by atoms with Gasteiger partial charge in [0.25, 0.3) is 5.91 Å². The molecule has 0 aliphatic carbocycles. The molecule has 0 heterocycles. The predicted octanol–water partition coefficient (Wildman–Crippen LogP) is 1.68. The number of ether oxygens (including phenoxy) is 3. The summed E-state index contributed by atoms with van der Waals surface area (Å²) in [4.78, 5) is 34.5. The molecule has 1 aromatic carbocycles. The molecule has 7 nitrogen and oxygen atoms in total. The second-order valence-electron chi connectivity index (χ2n) is 4.39. The summed E-state index contributed by atoms with van der Waals surface area (Å²) in [6.07, 6.45) is 0.826. The van der Waals surface area contributed by atoms with Crippen LogP contribution in [-0.4, -0.2) is 37.7 Å². The van der Waals surface area contributed by atoms with Gasteiger partial charge in [-0.1, -0.05) is 6.07 Å². The zero-order valence-corrected chi connectivity index (χ0v) is 13.2. The van der Waals surface area contributed by atoms with E-state index in [0.717, 1.165) is 12.2 Å². The summed E-state index contributed by atoms with van der Waals surface area (Å²) in [6, 6.07) is 6.76. The van der Waals surface area contributed by atoms with Gasteiger partial charge in [-0.05, 0) is 26.0 Å². The molecule has 0 aromatic heterocycles. The third-order valence-corrected chi connectivity index (χ3v) is 2.64. The molecule has 1 atom stereocenters. The van der Waals surface area contributed by atoms with Gasteiger partial charge in [0.15, 0.2) is 6.10 Å². The highest BCUT2D eigenvalue weighted by Crippen LogP contribution is 2.17. The number of anilines is 1. The number of hydrogen-bond donors (Lipinski definition) is 1. The van der Waals surface area contributed by atoms with E-state index in [1.54, 1.807) is 31.2 Å². The van der Waals surface area contributed by atoms with E-state index in [0.29, 0.717) is 11.4 Å². The van der Waals surface area contributed by atoms with Crippen LogP contribution in [0.2, 0.25) is 0 Å². The molecule has 1 aromatic rings. The Morgan fingerprint density at radius 2 is 1.91 bits per heavy atom. The Morgan fingerprint density at radius 1 is 1.22 bits per heavy atom. The Morgan fingerprint density at radius 3 is 2.57 bits per heavy atom. The summed E-state index contributed by atoms with van der Waals surface area (Å²) in [5, 5.41) is 2.60. The number of nitrogens with one attached hydrogen (secondary N) is 1. The molecule has 1 N–H and O–H groups in total. The first-order valence-corrected chi connectivity index (χ1v) is 6.96. The third kappa shape index (κ3) is 6.64. The van der Waals surface area contributed by atoms with Gasteiger partial charge in [-0.2, -0.15) is 0 Å². The molecule has 0 unspecified atom stereocenters. The summed E-state index contributed by atoms with van der Waals surface area (Å²) in [5.41, 5.74) is 0.513. The van der Waals surface area contributed by atoms with Gasteiger partial charge in [0.2, 0.25) is 0 Å². The number of esters is 2. The normalized spacial score (nSPS) is 11.6. The number of carbonyl (C=O) groups is 3. The SMILES string of the molecule is CCOC(=O)/C=C/C(=O)O[C@@H](C)C(=O)Nc1cccc(OC)c1. The topological polar surface area (TPSA) is 90.9 Å². The molecule has 7 heteroatoms. The van der Waals surface area contributed by atoms with E-state index < -0.39 is 23.9 Å². The van der Waals surface area contributed by atoms with Crippen molar-refractivity contribution in [2.24, 2.45) is 0 Å². The van der Waals surface area contributed by atoms with Gasteiger partial charge in [-0.25, -0.2) is 9.59 Å². The van der Waals surface area contributed by atoms with Crippen LogP contribution >= 0.6 is 0 Å². The van der Waals surface area contributed by atoms with Crippen LogP contribution in [0.4, 0.5) is 5.69 Å². The molecule has 1 amide bonds. The highest BCUT2D eigenvalue weighted by atomic mass is 16.5. The van der Waals surface area contributed by atoms with Gasteiger partial charge in [0.1, 0.15) is 5.75 Å². The maximum absolute atomic E-state index is 11.9. The van der Waals surface area contributed by atoms with Crippen LogP contribution in [0.5, 0.6) is 5.75 Å². The maximum atomic E-state index is 11.9. The van der Waals surface area contributed by atoms with Gasteiger partial charge < -0.3 is 19.5 Å². The predicted molar refractivity (Wildman–Crippen MR) is 83.0 cm³/mol. The minimum atomic E-state index is -1.03. The molecule has 0 aliphatic heterocycles. The van der Waals surface area contributed by atoms with E-state index in [1.165, 1.54) is 14.0 Å². The largest absolute Gasteiger partial charge is 0.497 e. The second-order valence-corrected chi connectivity index (χ2v) is 4.39. The average Bonchev–Trinajstić information content (AvgIpc) is 2.53. The van der Waals surface area contributed by atoms with Gasteiger partial charge >= 0.3 is 11.9 Å². The summed E-state index contributed by atoms with van der Waals surface area (Å²) in [5.74, 6) is -1.38. The van der Waals surface area contributed by atoms with Crippen molar-refractivity contribution in [1.82, 2.24) is 0 Å². The fraction of sp³-hybridized carbons (Fsp3) is 0.312. The van der Waals surface area contributed by atoms with Crippen LogP contribution in [0.15, 0.2) is 36.4 Å². The van der Waals surface area contributed by atoms with Crippen molar-refractivity contribution in [2.45, 2.75) is 20.0 Å². The van der Waals surface area contributed by atoms with E-state index in [-0.39, 0.29) is 6.61 Å². The zero-order valence-electron chi connectivity index (χ0n) is 13.2. The minimum Gasteiger partial charge on any atom is -0.497 e. The Kier molecular flexibility index (Phi) is 7.32. The van der Waals surface area contributed by atoms with Crippen molar-refractivity contribution in [1.29, 1.82) is 0 Å². The van der Waals surface area contributed by atoms with Crippen molar-refractivity contribution >= 4 is 23.5 Å². The summed E-state index contributed by atoms with van der Waals surface area (Å²) in [7, 11) is 1.52. The molecule has 0 saturated carbocycles. The number of amides is 1. The van der Waals surface area contributed by atoms with Gasteiger partial charge in [-0.3, -0.25) is 4.79 Å². The van der Waals surface area contributed by atoms with Crippen LogP contribution in [0, 0.1) is 0 Å². The monoisotopic (exact) mass is 321 g/mol. The van der Waals surface area contributed by atoms with Crippen molar-refractivity contribution in [2.75, 3.05) is 19.0 Å². The first kappa shape index (κ1) is 18.2. The summed E-state index contributed by atoms with van der Waals surface area (Å²) < 4.78 is 14.6. The highest BCUT2D eigenvalue weighted by molar-refractivity contribution is 5.97. The second kappa shape index (κ2) is 9.24. The van der Waals surface area contributed by atoms with E-state index >= 15 is 0 Å². The van der Waals surface area contributed by atoms with E-state index in [9.17, 15) is 14.4 Å². The van der Waals surface area contributed by atoms with E-state index in [2.05, 4.69) is 10.1 Å². The lowest BCUT2D eigenvalue weighted by atomic mass is 10.3. The van der Waals surface area contributed by atoms with Gasteiger partial charge in [-0.15, -0.1) is 0 Å². The first-order valence-electron chi connectivity index (χ1n) is 6.96. The van der Waals surface area contributed by atoms with Crippen molar-refractivity contribution in [3.05, 3.63) is 36.4 Å². The van der Waals surface area contributed by atoms with Crippen LogP contribution in [0.3, 0.4) is 0 Å². The molecular weight excluding hydrogens is 302 g/mol. The molecule has 0 saturated heterocycles. The lowest BCUT2D eigenvalue weighted by Gasteiger charge is -2.12. The standard InChI is InChI=1S/C16H19NO6/c1-4-22-14(18)8-9-15(19)23-11(2)16(20)17-12-6-5-7-13(10-12)21-3/h5-11H,4H2,1-3H3,(H,17,20)/b9-8+/t11-/m0/s1. The molecule has 0 bridgehead atoms. The molecular formula is C16H19NO6. The lowest BCUT2D eigenvalue weighted by molar-refractivity contribution is -0.148. The van der Waals surface area contributed by atoms with E-state index in [1.807, 2.05) is 0 Å². The molecule has 1 rings (SSSR count). The number of hydrogen-bond acceptors (Lipinski definition) is 6. The Hall–Kier alpha value is -2.83. The zero-order chi connectivity index (χ0) is 17.2. The lowest BCUT2D eigenvalue weighted by Crippen LogP contribution is -2.29. The van der Waals surface area contributed by atoms with Crippen molar-refractivity contribution < 1.29 is 28.6 Å². The molecule has 0 aliphatic rings. The summed E-state index contributed by atoms with van der Waals surface area (Å²) >= 11 is 0. The molecule has 23 heavy (non-hydrogen) atoms. The maximum Gasteiger partial charge on any atom is 0.331 e. The molecule has 0 spiro atoms. The third-order valence-electron chi connectivity index (χ3n) is 2.64. The van der Waals surface area contributed by atoms with Crippen LogP contribution < -0.4 is 10.1 Å². The molecule has 0 radical (unpaired) electrons. The highest BCUT2D eigenvalue weighted by Gasteiger charge is 2.17. The van der Waals surface area contributed by atoms with Crippen LogP contribution in [0.25, 0.3) is 0 Å². The van der Waals surface area contributed by atoms with Crippen molar-refractivity contribution in [3.63, 3.8) is 0 Å². The minimum absolute atomic E-state index is 0.206. The van der Waals surface area contributed by atoms with E-state index in [4.69, 9.17) is 9.47 Å². The quantitative estimate of drug-likeness (QED) is 0.607. The van der Waals surface area contributed by atoms with Gasteiger partial charge in [0, 0.05) is 23.9 Å². The summed E-state index contributed by atoms with van der Waals surface area (Å²) in [6.45, 7) is 3.28. The smallest absolute Gasteiger partial charge is 0.331 e. The fourth-order valence-corrected chi connectivity index (χ4v) is 1.54. The number of methoxy groups -OCH3 is 1. The Balaban J connectivity index is 2.53. The number of rotatable bonds is 7. The average molecular weight is 321 g/mol. The van der Waals surface area contributed by atoms with Crippen molar-refractivity contribution in [3.8, 4) is 5.75 Å². The van der Waals surface area contributed by atoms with Crippen LogP contribution in [0.1, 0.15) is 13.8 Å². The number of benzene rings is 1. The molecule has 0 fully saturated rings. The first-order chi connectivity index (χ1) is 11.0. The Labute approximate surface area is 134 Å². The van der Waals surface area contributed by atoms with Crippen LogP contribution in [-0.2, 0) is 23.9 Å². The Bertz CT molecular complexity index is 596. The van der Waals surface area contributed by atoms with Gasteiger partial charge in [0.05, 0.1) is 13.7 Å².